The molecule has 0 fully saturated rings. The Morgan fingerprint density at radius 3 is 2.38 bits per heavy atom. The zero-order valence-corrected chi connectivity index (χ0v) is 18.4. The fourth-order valence-electron chi connectivity index (χ4n) is 3.18. The molecule has 0 N–H and O–H groups in total. The van der Waals surface area contributed by atoms with Crippen molar-refractivity contribution < 1.29 is 4.79 Å². The summed E-state index contributed by atoms with van der Waals surface area (Å²) in [4.78, 5) is 32.0. The second-order valence-corrected chi connectivity index (χ2v) is 8.75. The van der Waals surface area contributed by atoms with E-state index < -0.39 is 0 Å². The van der Waals surface area contributed by atoms with E-state index in [1.165, 1.54) is 17.3 Å². The molecule has 0 bridgehead atoms. The fraction of sp³-hybridized carbons (Fsp3) is 0.348. The number of carbonyl (C=O) groups is 1. The van der Waals surface area contributed by atoms with Crippen LogP contribution in [0.1, 0.15) is 38.7 Å². The highest BCUT2D eigenvalue weighted by molar-refractivity contribution is 8.00. The molecule has 0 spiro atoms. The largest absolute Gasteiger partial charge is 0.348 e. The second-order valence-electron chi connectivity index (χ2n) is 7.45. The van der Waals surface area contributed by atoms with Crippen molar-refractivity contribution in [2.24, 2.45) is 0 Å². The maximum atomic E-state index is 13.3. The molecule has 3 aromatic rings. The molecule has 0 aliphatic carbocycles. The van der Waals surface area contributed by atoms with Crippen molar-refractivity contribution in [1.29, 1.82) is 0 Å². The quantitative estimate of drug-likeness (QED) is 0.445. The van der Waals surface area contributed by atoms with Gasteiger partial charge < -0.3 is 4.90 Å². The van der Waals surface area contributed by atoms with E-state index >= 15 is 0 Å². The van der Waals surface area contributed by atoms with Crippen LogP contribution in [0.2, 0.25) is 0 Å². The Morgan fingerprint density at radius 2 is 1.76 bits per heavy atom. The van der Waals surface area contributed by atoms with Crippen molar-refractivity contribution in [2.75, 3.05) is 14.1 Å². The van der Waals surface area contributed by atoms with Crippen molar-refractivity contribution in [1.82, 2.24) is 14.5 Å². The molecule has 0 saturated heterocycles. The number of nitrogens with zero attached hydrogens (tertiary/aromatic N) is 3. The number of benzene rings is 2. The van der Waals surface area contributed by atoms with Gasteiger partial charge in [-0.1, -0.05) is 49.9 Å². The summed E-state index contributed by atoms with van der Waals surface area (Å²) in [5, 5.41) is 0.728. The predicted octanol–water partition coefficient (Wildman–Crippen LogP) is 4.47. The van der Waals surface area contributed by atoms with Gasteiger partial charge in [-0.15, -0.1) is 0 Å². The Kier molecular flexibility index (Phi) is 6.42. The molecule has 0 unspecified atom stereocenters. The summed E-state index contributed by atoms with van der Waals surface area (Å²) >= 11 is 1.31. The first-order valence-electron chi connectivity index (χ1n) is 9.83. The van der Waals surface area contributed by atoms with E-state index in [4.69, 9.17) is 4.98 Å². The minimum absolute atomic E-state index is 0.0175. The molecule has 5 nitrogen and oxygen atoms in total. The molecule has 0 saturated carbocycles. The van der Waals surface area contributed by atoms with Crippen LogP contribution in [0.3, 0.4) is 0 Å². The summed E-state index contributed by atoms with van der Waals surface area (Å²) in [5.41, 5.74) is 2.51. The number of hydrogen-bond acceptors (Lipinski definition) is 4. The number of para-hydroxylation sites is 1. The number of amides is 1. The molecular weight excluding hydrogens is 382 g/mol. The topological polar surface area (TPSA) is 55.2 Å². The van der Waals surface area contributed by atoms with Crippen molar-refractivity contribution in [3.05, 3.63) is 64.4 Å². The molecular formula is C23H27N3O2S. The van der Waals surface area contributed by atoms with Gasteiger partial charge in [-0.25, -0.2) is 4.98 Å². The lowest BCUT2D eigenvalue weighted by molar-refractivity contribution is -0.127. The Labute approximate surface area is 175 Å². The maximum Gasteiger partial charge on any atom is 0.266 e. The summed E-state index contributed by atoms with van der Waals surface area (Å²) in [6.45, 7) is 6.19. The highest BCUT2D eigenvalue weighted by Gasteiger charge is 2.21. The maximum absolute atomic E-state index is 13.3. The van der Waals surface area contributed by atoms with Gasteiger partial charge in [-0.3, -0.25) is 14.2 Å². The van der Waals surface area contributed by atoms with Gasteiger partial charge in [-0.2, -0.15) is 0 Å². The summed E-state index contributed by atoms with van der Waals surface area (Å²) < 4.78 is 1.62. The summed E-state index contributed by atoms with van der Waals surface area (Å²) in [7, 11) is 3.46. The third-order valence-corrected chi connectivity index (χ3v) is 6.19. The van der Waals surface area contributed by atoms with Crippen LogP contribution in [-0.4, -0.2) is 39.7 Å². The summed E-state index contributed by atoms with van der Waals surface area (Å²) in [6, 6.07) is 15.4. The molecule has 152 valence electrons. The molecule has 1 aromatic heterocycles. The van der Waals surface area contributed by atoms with Crippen LogP contribution in [-0.2, 0) is 4.79 Å². The van der Waals surface area contributed by atoms with Gasteiger partial charge in [0.25, 0.3) is 5.56 Å². The smallest absolute Gasteiger partial charge is 0.266 e. The standard InChI is InChI=1S/C23H27N3O2S/c1-6-15(2)17-11-13-18(14-12-17)26-22(28)19-9-7-8-10-20(19)24-23(26)29-16(3)21(27)25(4)5/h7-16H,6H2,1-5H3/t15-,16+/m0/s1. The van der Waals surface area contributed by atoms with Crippen LogP contribution < -0.4 is 5.56 Å². The van der Waals surface area contributed by atoms with Gasteiger partial charge in [0.05, 0.1) is 21.8 Å². The molecule has 0 aliphatic heterocycles. The van der Waals surface area contributed by atoms with Crippen molar-refractivity contribution in [3.63, 3.8) is 0 Å². The van der Waals surface area contributed by atoms with Crippen LogP contribution >= 0.6 is 11.8 Å². The predicted molar refractivity (Wildman–Crippen MR) is 120 cm³/mol. The molecule has 1 heterocycles. The number of aromatic nitrogens is 2. The monoisotopic (exact) mass is 409 g/mol. The van der Waals surface area contributed by atoms with Gasteiger partial charge in [-0.05, 0) is 49.1 Å². The molecule has 0 radical (unpaired) electrons. The van der Waals surface area contributed by atoms with Crippen molar-refractivity contribution >= 4 is 28.6 Å². The Balaban J connectivity index is 2.14. The molecule has 0 aliphatic rings. The molecule has 2 aromatic carbocycles. The van der Waals surface area contributed by atoms with Crippen LogP contribution in [0.5, 0.6) is 0 Å². The van der Waals surface area contributed by atoms with Gasteiger partial charge in [0.15, 0.2) is 5.16 Å². The number of carbonyl (C=O) groups excluding carboxylic acids is 1. The zero-order valence-electron chi connectivity index (χ0n) is 17.5. The minimum atomic E-state index is -0.358. The van der Waals surface area contributed by atoms with E-state index in [2.05, 4.69) is 26.0 Å². The lowest BCUT2D eigenvalue weighted by Gasteiger charge is -2.19. The molecule has 2 atom stereocenters. The van der Waals surface area contributed by atoms with Crippen LogP contribution in [0.25, 0.3) is 16.6 Å². The van der Waals surface area contributed by atoms with Gasteiger partial charge in [0.1, 0.15) is 0 Å². The highest BCUT2D eigenvalue weighted by Crippen LogP contribution is 2.27. The Bertz CT molecular complexity index is 1070. The minimum Gasteiger partial charge on any atom is -0.348 e. The van der Waals surface area contributed by atoms with Crippen molar-refractivity contribution in [2.45, 2.75) is 43.5 Å². The average Bonchev–Trinajstić information content (AvgIpc) is 2.73. The lowest BCUT2D eigenvalue weighted by Crippen LogP contribution is -2.31. The highest BCUT2D eigenvalue weighted by atomic mass is 32.2. The fourth-order valence-corrected chi connectivity index (χ4v) is 4.25. The van der Waals surface area contributed by atoms with E-state index in [0.29, 0.717) is 22.0 Å². The van der Waals surface area contributed by atoms with Crippen molar-refractivity contribution in [3.8, 4) is 5.69 Å². The molecule has 3 rings (SSSR count). The van der Waals surface area contributed by atoms with E-state index in [1.807, 2.05) is 37.3 Å². The molecule has 29 heavy (non-hydrogen) atoms. The number of hydrogen-bond donors (Lipinski definition) is 0. The summed E-state index contributed by atoms with van der Waals surface area (Å²) in [5.74, 6) is 0.443. The first-order valence-corrected chi connectivity index (χ1v) is 10.7. The first kappa shape index (κ1) is 21.1. The second kappa shape index (κ2) is 8.82. The normalized spacial score (nSPS) is 13.3. The van der Waals surface area contributed by atoms with Gasteiger partial charge in [0, 0.05) is 14.1 Å². The van der Waals surface area contributed by atoms with E-state index in [0.717, 1.165) is 12.1 Å². The first-order chi connectivity index (χ1) is 13.8. The summed E-state index contributed by atoms with van der Waals surface area (Å²) in [6.07, 6.45) is 1.06. The average molecular weight is 410 g/mol. The SMILES string of the molecule is CC[C@H](C)c1ccc(-n2c(S[C@H](C)C(=O)N(C)C)nc3ccccc3c2=O)cc1. The zero-order chi connectivity index (χ0) is 21.1. The third kappa shape index (κ3) is 4.37. The number of rotatable bonds is 6. The molecule has 1 amide bonds. The van der Waals surface area contributed by atoms with Crippen LogP contribution in [0.4, 0.5) is 0 Å². The Hall–Kier alpha value is -2.60. The lowest BCUT2D eigenvalue weighted by atomic mass is 9.98. The number of fused-ring (bicyclic) bond motifs is 1. The van der Waals surface area contributed by atoms with Gasteiger partial charge in [0.2, 0.25) is 5.91 Å². The Morgan fingerprint density at radius 1 is 1.10 bits per heavy atom. The number of thioether (sulfide) groups is 1. The van der Waals surface area contributed by atoms with Crippen LogP contribution in [0.15, 0.2) is 58.5 Å². The molecule has 6 heteroatoms. The third-order valence-electron chi connectivity index (χ3n) is 5.15. The van der Waals surface area contributed by atoms with Crippen LogP contribution in [0, 0.1) is 0 Å². The van der Waals surface area contributed by atoms with Gasteiger partial charge >= 0.3 is 0 Å². The van der Waals surface area contributed by atoms with E-state index in [1.54, 1.807) is 29.6 Å². The van der Waals surface area contributed by atoms with E-state index in [9.17, 15) is 9.59 Å². The van der Waals surface area contributed by atoms with E-state index in [-0.39, 0.29) is 16.7 Å².